The number of para-hydroxylation sites is 1. The lowest BCUT2D eigenvalue weighted by molar-refractivity contribution is -0.384. The molecule has 0 unspecified atom stereocenters. The quantitative estimate of drug-likeness (QED) is 0.216. The number of non-ortho nitro benzene ring substituents is 1. The van der Waals surface area contributed by atoms with E-state index in [0.717, 1.165) is 4.90 Å². The summed E-state index contributed by atoms with van der Waals surface area (Å²) in [6.45, 7) is 0.0591. The lowest BCUT2D eigenvalue weighted by Crippen LogP contribution is -2.54. The van der Waals surface area contributed by atoms with Gasteiger partial charge in [0, 0.05) is 12.1 Å². The number of barbiturate groups is 1. The Morgan fingerprint density at radius 1 is 1.06 bits per heavy atom. The van der Waals surface area contributed by atoms with Crippen molar-refractivity contribution in [2.24, 2.45) is 0 Å². The van der Waals surface area contributed by atoms with Crippen molar-refractivity contribution in [3.05, 3.63) is 98.6 Å². The summed E-state index contributed by atoms with van der Waals surface area (Å²) in [6.07, 6.45) is 1.30. The van der Waals surface area contributed by atoms with Gasteiger partial charge in [-0.1, -0.05) is 29.8 Å². The second-order valence-electron chi connectivity index (χ2n) is 7.54. The van der Waals surface area contributed by atoms with E-state index in [-0.39, 0.29) is 34.4 Å². The highest BCUT2D eigenvalue weighted by Gasteiger charge is 2.36. The van der Waals surface area contributed by atoms with E-state index in [1.807, 2.05) is 0 Å². The summed E-state index contributed by atoms with van der Waals surface area (Å²) in [5.74, 6) is -1.19. The van der Waals surface area contributed by atoms with Crippen LogP contribution in [0.15, 0.2) is 72.3 Å². The third kappa shape index (κ3) is 5.03. The van der Waals surface area contributed by atoms with Gasteiger partial charge in [0.2, 0.25) is 0 Å². The van der Waals surface area contributed by atoms with Crippen LogP contribution in [0.25, 0.3) is 6.08 Å². The van der Waals surface area contributed by atoms with Crippen LogP contribution in [0.1, 0.15) is 11.1 Å². The van der Waals surface area contributed by atoms with Gasteiger partial charge in [-0.2, -0.15) is 0 Å². The van der Waals surface area contributed by atoms with Gasteiger partial charge in [0.25, 0.3) is 17.5 Å². The SMILES string of the molecule is COc1cc(/C=C2\C(=O)NC(=O)N(c3ccccc3)C2=O)cc(Cl)c1OCc1ccc([N+](=O)[O-])cc1. The fourth-order valence-corrected chi connectivity index (χ4v) is 3.74. The van der Waals surface area contributed by atoms with E-state index in [0.29, 0.717) is 16.8 Å². The smallest absolute Gasteiger partial charge is 0.335 e. The van der Waals surface area contributed by atoms with E-state index in [4.69, 9.17) is 21.1 Å². The van der Waals surface area contributed by atoms with Crippen molar-refractivity contribution in [2.75, 3.05) is 12.0 Å². The maximum Gasteiger partial charge on any atom is 0.335 e. The molecule has 4 amide bonds. The normalized spacial score (nSPS) is 14.6. The number of nitrogens with one attached hydrogen (secondary N) is 1. The lowest BCUT2D eigenvalue weighted by Gasteiger charge is -2.26. The molecule has 0 aliphatic carbocycles. The van der Waals surface area contributed by atoms with Crippen molar-refractivity contribution in [1.29, 1.82) is 0 Å². The van der Waals surface area contributed by atoms with E-state index in [9.17, 15) is 24.5 Å². The molecule has 11 heteroatoms. The summed E-state index contributed by atoms with van der Waals surface area (Å²) in [6, 6.07) is 16.2. The summed E-state index contributed by atoms with van der Waals surface area (Å²) in [4.78, 5) is 49.0. The highest BCUT2D eigenvalue weighted by Crippen LogP contribution is 2.38. The van der Waals surface area contributed by atoms with Gasteiger partial charge in [-0.25, -0.2) is 9.69 Å². The Morgan fingerprint density at radius 2 is 1.75 bits per heavy atom. The Morgan fingerprint density at radius 3 is 2.39 bits per heavy atom. The van der Waals surface area contributed by atoms with Crippen LogP contribution in [0.4, 0.5) is 16.2 Å². The molecule has 36 heavy (non-hydrogen) atoms. The number of anilines is 1. The zero-order valence-corrected chi connectivity index (χ0v) is 19.5. The second kappa shape index (κ2) is 10.3. The van der Waals surface area contributed by atoms with Crippen molar-refractivity contribution >= 4 is 46.9 Å². The summed E-state index contributed by atoms with van der Waals surface area (Å²) in [5, 5.41) is 13.1. The number of hydrogen-bond acceptors (Lipinski definition) is 7. The molecule has 3 aromatic rings. The van der Waals surface area contributed by atoms with Crippen LogP contribution in [0.5, 0.6) is 11.5 Å². The van der Waals surface area contributed by atoms with Crippen LogP contribution in [0, 0.1) is 10.1 Å². The average molecular weight is 508 g/mol. The first-order valence-electron chi connectivity index (χ1n) is 10.5. The van der Waals surface area contributed by atoms with Gasteiger partial charge in [-0.3, -0.25) is 25.0 Å². The molecule has 3 aromatic carbocycles. The van der Waals surface area contributed by atoms with Crippen LogP contribution in [0.3, 0.4) is 0 Å². The number of benzene rings is 3. The van der Waals surface area contributed by atoms with Crippen LogP contribution in [0.2, 0.25) is 5.02 Å². The minimum atomic E-state index is -0.848. The largest absolute Gasteiger partial charge is 0.493 e. The van der Waals surface area contributed by atoms with Crippen molar-refractivity contribution in [3.63, 3.8) is 0 Å². The molecule has 1 fully saturated rings. The van der Waals surface area contributed by atoms with Crippen LogP contribution >= 0.6 is 11.6 Å². The maximum absolute atomic E-state index is 13.0. The summed E-state index contributed by atoms with van der Waals surface area (Å²) >= 11 is 6.41. The number of hydrogen-bond donors (Lipinski definition) is 1. The van der Waals surface area contributed by atoms with Crippen LogP contribution < -0.4 is 19.7 Å². The number of carbonyl (C=O) groups excluding carboxylic acids is 3. The molecule has 10 nitrogen and oxygen atoms in total. The Hall–Kier alpha value is -4.70. The molecule has 0 radical (unpaired) electrons. The molecule has 182 valence electrons. The maximum atomic E-state index is 13.0. The van der Waals surface area contributed by atoms with Crippen molar-refractivity contribution in [3.8, 4) is 11.5 Å². The molecule has 4 rings (SSSR count). The number of imide groups is 2. The number of methoxy groups -OCH3 is 1. The highest BCUT2D eigenvalue weighted by molar-refractivity contribution is 6.39. The highest BCUT2D eigenvalue weighted by atomic mass is 35.5. The van der Waals surface area contributed by atoms with Gasteiger partial charge in [-0.05, 0) is 53.6 Å². The van der Waals surface area contributed by atoms with Gasteiger partial charge in [0.05, 0.1) is 22.7 Å². The molecular weight excluding hydrogens is 490 g/mol. The van der Waals surface area contributed by atoms with Crippen molar-refractivity contribution in [2.45, 2.75) is 6.61 Å². The minimum Gasteiger partial charge on any atom is -0.493 e. The third-order valence-corrected chi connectivity index (χ3v) is 5.49. The van der Waals surface area contributed by atoms with E-state index in [2.05, 4.69) is 5.32 Å². The first-order valence-corrected chi connectivity index (χ1v) is 10.9. The summed E-state index contributed by atoms with van der Waals surface area (Å²) < 4.78 is 11.2. The number of nitro benzene ring substituents is 1. The van der Waals surface area contributed by atoms with Gasteiger partial charge in [-0.15, -0.1) is 0 Å². The number of urea groups is 1. The minimum absolute atomic E-state index is 0.0411. The Bertz CT molecular complexity index is 1390. The Balaban J connectivity index is 1.60. The monoisotopic (exact) mass is 507 g/mol. The van der Waals surface area contributed by atoms with Gasteiger partial charge in [0.1, 0.15) is 12.2 Å². The predicted octanol–water partition coefficient (Wildman–Crippen LogP) is 4.50. The molecule has 1 saturated heterocycles. The van der Waals surface area contributed by atoms with E-state index in [1.165, 1.54) is 37.5 Å². The van der Waals surface area contributed by atoms with Crippen molar-refractivity contribution < 1.29 is 28.8 Å². The molecule has 0 aromatic heterocycles. The van der Waals surface area contributed by atoms with Crippen LogP contribution in [-0.2, 0) is 16.2 Å². The zero-order valence-electron chi connectivity index (χ0n) is 18.8. The van der Waals surface area contributed by atoms with E-state index < -0.39 is 22.8 Å². The van der Waals surface area contributed by atoms with Gasteiger partial charge < -0.3 is 9.47 Å². The number of halogens is 1. The molecule has 0 atom stereocenters. The summed E-state index contributed by atoms with van der Waals surface area (Å²) in [5.41, 5.74) is 1.03. The Labute approximate surface area is 209 Å². The molecule has 0 saturated carbocycles. The predicted molar refractivity (Wildman–Crippen MR) is 131 cm³/mol. The first-order chi connectivity index (χ1) is 17.3. The number of carbonyl (C=O) groups is 3. The second-order valence-corrected chi connectivity index (χ2v) is 7.95. The fraction of sp³-hybridized carbons (Fsp3) is 0.0800. The van der Waals surface area contributed by atoms with Crippen LogP contribution in [-0.4, -0.2) is 29.9 Å². The zero-order chi connectivity index (χ0) is 25.8. The molecule has 1 aliphatic rings. The number of nitro groups is 1. The number of rotatable bonds is 7. The fourth-order valence-electron chi connectivity index (χ4n) is 3.47. The molecule has 1 heterocycles. The molecular formula is C25H18ClN3O7. The molecule has 0 spiro atoms. The summed E-state index contributed by atoms with van der Waals surface area (Å²) in [7, 11) is 1.40. The first kappa shape index (κ1) is 24.4. The topological polar surface area (TPSA) is 128 Å². The molecule has 0 bridgehead atoms. The average Bonchev–Trinajstić information content (AvgIpc) is 2.86. The number of ether oxygens (including phenoxy) is 2. The van der Waals surface area contributed by atoms with E-state index >= 15 is 0 Å². The van der Waals surface area contributed by atoms with Gasteiger partial charge >= 0.3 is 6.03 Å². The third-order valence-electron chi connectivity index (χ3n) is 5.21. The lowest BCUT2D eigenvalue weighted by atomic mass is 10.1. The molecule has 1 aliphatic heterocycles. The standard InChI is InChI=1S/C25H18ClN3O7/c1-35-21-13-16(12-20(26)22(21)36-14-15-7-9-18(10-8-15)29(33)34)11-19-23(30)27-25(32)28(24(19)31)17-5-3-2-4-6-17/h2-13H,14H2,1H3,(H,27,30,32)/b19-11+. The Kier molecular flexibility index (Phi) is 6.98. The molecule has 1 N–H and O–H groups in total. The van der Waals surface area contributed by atoms with E-state index in [1.54, 1.807) is 42.5 Å². The van der Waals surface area contributed by atoms with Crippen molar-refractivity contribution in [1.82, 2.24) is 5.32 Å². The number of nitrogens with zero attached hydrogens (tertiary/aromatic N) is 2. The van der Waals surface area contributed by atoms with Gasteiger partial charge in [0.15, 0.2) is 11.5 Å². The number of amides is 4.